The number of benzene rings is 1. The minimum Gasteiger partial charge on any atom is -0.356 e. The molecule has 2 aromatic rings. The molecule has 1 aromatic heterocycles. The van der Waals surface area contributed by atoms with Crippen LogP contribution < -0.4 is 16.0 Å². The quantitative estimate of drug-likeness (QED) is 0.485. The molecule has 1 atom stereocenters. The molecular formula is C22H31N5O. The van der Waals surface area contributed by atoms with Gasteiger partial charge in [0.25, 0.3) is 5.91 Å². The van der Waals surface area contributed by atoms with Gasteiger partial charge in [0.15, 0.2) is 5.96 Å². The van der Waals surface area contributed by atoms with Gasteiger partial charge in [-0.15, -0.1) is 0 Å². The molecule has 1 unspecified atom stereocenters. The Labute approximate surface area is 167 Å². The van der Waals surface area contributed by atoms with Crippen LogP contribution in [0.2, 0.25) is 0 Å². The number of hydrogen-bond acceptors (Lipinski definition) is 3. The van der Waals surface area contributed by atoms with Crippen molar-refractivity contribution in [3.05, 3.63) is 65.5 Å². The highest BCUT2D eigenvalue weighted by Crippen LogP contribution is 2.22. The van der Waals surface area contributed by atoms with Crippen LogP contribution in [0.1, 0.15) is 41.3 Å². The number of amides is 1. The van der Waals surface area contributed by atoms with Gasteiger partial charge in [0.1, 0.15) is 0 Å². The van der Waals surface area contributed by atoms with E-state index in [1.165, 1.54) is 5.56 Å². The van der Waals surface area contributed by atoms with E-state index in [0.717, 1.165) is 31.0 Å². The smallest absolute Gasteiger partial charge is 0.251 e. The van der Waals surface area contributed by atoms with Crippen molar-refractivity contribution in [2.45, 2.75) is 26.2 Å². The van der Waals surface area contributed by atoms with Crippen LogP contribution >= 0.6 is 0 Å². The van der Waals surface area contributed by atoms with Crippen molar-refractivity contribution >= 4 is 11.9 Å². The first-order valence-corrected chi connectivity index (χ1v) is 9.70. The third-order valence-corrected chi connectivity index (χ3v) is 4.75. The van der Waals surface area contributed by atoms with Crippen LogP contribution in [0, 0.1) is 5.92 Å². The van der Waals surface area contributed by atoms with Gasteiger partial charge in [-0.3, -0.25) is 14.8 Å². The van der Waals surface area contributed by atoms with E-state index < -0.39 is 0 Å². The minimum atomic E-state index is -0.0672. The van der Waals surface area contributed by atoms with Gasteiger partial charge in [-0.1, -0.05) is 32.0 Å². The normalized spacial score (nSPS) is 12.5. The molecule has 1 heterocycles. The summed E-state index contributed by atoms with van der Waals surface area (Å²) in [6.45, 7) is 5.95. The average Bonchev–Trinajstić information content (AvgIpc) is 2.72. The fraction of sp³-hybridized carbons (Fsp3) is 0.409. The molecule has 0 aliphatic carbocycles. The molecule has 0 saturated heterocycles. The average molecular weight is 382 g/mol. The predicted molar refractivity (Wildman–Crippen MR) is 115 cm³/mol. The zero-order chi connectivity index (χ0) is 20.4. The van der Waals surface area contributed by atoms with Crippen LogP contribution in [0.4, 0.5) is 0 Å². The molecule has 1 aromatic carbocycles. The van der Waals surface area contributed by atoms with Crippen molar-refractivity contribution in [1.29, 1.82) is 0 Å². The van der Waals surface area contributed by atoms with Gasteiger partial charge < -0.3 is 16.0 Å². The first-order valence-electron chi connectivity index (χ1n) is 9.70. The summed E-state index contributed by atoms with van der Waals surface area (Å²) in [5, 5.41) is 9.42. The number of hydrogen-bond donors (Lipinski definition) is 3. The molecule has 1 amide bonds. The van der Waals surface area contributed by atoms with E-state index in [1.54, 1.807) is 20.3 Å². The van der Waals surface area contributed by atoms with E-state index in [2.05, 4.69) is 45.8 Å². The first kappa shape index (κ1) is 21.4. The molecular weight excluding hydrogens is 350 g/mol. The fourth-order valence-electron chi connectivity index (χ4n) is 3.10. The van der Waals surface area contributed by atoms with Crippen LogP contribution in [0.5, 0.6) is 0 Å². The summed E-state index contributed by atoms with van der Waals surface area (Å²) in [4.78, 5) is 20.3. The summed E-state index contributed by atoms with van der Waals surface area (Å²) in [6.07, 6.45) is 4.54. The lowest BCUT2D eigenvalue weighted by Crippen LogP contribution is -2.40. The van der Waals surface area contributed by atoms with Crippen molar-refractivity contribution in [3.63, 3.8) is 0 Å². The minimum absolute atomic E-state index is 0.0672. The molecule has 0 radical (unpaired) electrons. The molecule has 6 heteroatoms. The molecule has 0 saturated carbocycles. The zero-order valence-corrected chi connectivity index (χ0v) is 17.2. The fourth-order valence-corrected chi connectivity index (χ4v) is 3.10. The summed E-state index contributed by atoms with van der Waals surface area (Å²) in [6, 6.07) is 11.8. The number of rotatable bonds is 8. The molecule has 6 nitrogen and oxygen atoms in total. The summed E-state index contributed by atoms with van der Waals surface area (Å²) in [5.74, 6) is 1.55. The van der Waals surface area contributed by atoms with E-state index in [4.69, 9.17) is 0 Å². The number of aromatic nitrogens is 1. The maximum absolute atomic E-state index is 11.8. The van der Waals surface area contributed by atoms with Crippen molar-refractivity contribution in [2.75, 3.05) is 27.2 Å². The van der Waals surface area contributed by atoms with Crippen molar-refractivity contribution < 1.29 is 4.79 Å². The number of carbonyl (C=O) groups excluding carboxylic acids is 1. The topological polar surface area (TPSA) is 78.4 Å². The number of aliphatic imine (C=N–C) groups is 1. The standard InChI is InChI=1S/C22H31N5O/c1-16(2)20(19-9-6-11-25-14-19)15-27-22(24-4)26-12-10-17-7-5-8-18(13-17)21(28)23-3/h5-9,11,13-14,16,20H,10,12,15H2,1-4H3,(H,23,28)(H2,24,26,27). The van der Waals surface area contributed by atoms with Gasteiger partial charge in [-0.05, 0) is 41.7 Å². The molecule has 150 valence electrons. The zero-order valence-electron chi connectivity index (χ0n) is 17.2. The number of nitrogens with zero attached hydrogens (tertiary/aromatic N) is 2. The lowest BCUT2D eigenvalue weighted by Gasteiger charge is -2.23. The second kappa shape index (κ2) is 11.1. The van der Waals surface area contributed by atoms with Gasteiger partial charge in [0, 0.05) is 51.1 Å². The predicted octanol–water partition coefficient (Wildman–Crippen LogP) is 2.59. The van der Waals surface area contributed by atoms with Crippen LogP contribution in [0.3, 0.4) is 0 Å². The number of pyridine rings is 1. The first-order chi connectivity index (χ1) is 13.5. The Morgan fingerprint density at radius 1 is 1.18 bits per heavy atom. The van der Waals surface area contributed by atoms with Gasteiger partial charge in [0.2, 0.25) is 0 Å². The highest BCUT2D eigenvalue weighted by Gasteiger charge is 2.16. The monoisotopic (exact) mass is 381 g/mol. The van der Waals surface area contributed by atoms with E-state index in [1.807, 2.05) is 36.5 Å². The highest BCUT2D eigenvalue weighted by molar-refractivity contribution is 5.94. The van der Waals surface area contributed by atoms with E-state index >= 15 is 0 Å². The van der Waals surface area contributed by atoms with Crippen molar-refractivity contribution in [1.82, 2.24) is 20.9 Å². The van der Waals surface area contributed by atoms with Crippen LogP contribution in [0.25, 0.3) is 0 Å². The molecule has 3 N–H and O–H groups in total. The van der Waals surface area contributed by atoms with E-state index in [9.17, 15) is 4.79 Å². The van der Waals surface area contributed by atoms with E-state index in [-0.39, 0.29) is 5.91 Å². The van der Waals surface area contributed by atoms with Gasteiger partial charge >= 0.3 is 0 Å². The van der Waals surface area contributed by atoms with E-state index in [0.29, 0.717) is 17.4 Å². The molecule has 0 fully saturated rings. The Morgan fingerprint density at radius 2 is 2.00 bits per heavy atom. The molecule has 0 spiro atoms. The second-order valence-electron chi connectivity index (χ2n) is 7.05. The summed E-state index contributed by atoms with van der Waals surface area (Å²) < 4.78 is 0. The SMILES string of the molecule is CN=C(NCCc1cccc(C(=O)NC)c1)NCC(c1cccnc1)C(C)C. The Bertz CT molecular complexity index is 774. The Kier molecular flexibility index (Phi) is 8.46. The lowest BCUT2D eigenvalue weighted by atomic mass is 9.89. The van der Waals surface area contributed by atoms with Crippen molar-refractivity contribution in [3.8, 4) is 0 Å². The number of nitrogens with one attached hydrogen (secondary N) is 3. The van der Waals surface area contributed by atoms with Crippen LogP contribution in [0.15, 0.2) is 53.8 Å². The van der Waals surface area contributed by atoms with Crippen LogP contribution in [-0.4, -0.2) is 44.0 Å². The number of carbonyl (C=O) groups is 1. The maximum atomic E-state index is 11.8. The largest absolute Gasteiger partial charge is 0.356 e. The molecule has 28 heavy (non-hydrogen) atoms. The molecule has 0 bridgehead atoms. The molecule has 0 aliphatic heterocycles. The second-order valence-corrected chi connectivity index (χ2v) is 7.05. The van der Waals surface area contributed by atoms with Crippen molar-refractivity contribution in [2.24, 2.45) is 10.9 Å². The maximum Gasteiger partial charge on any atom is 0.251 e. The Hall–Kier alpha value is -2.89. The Morgan fingerprint density at radius 3 is 2.64 bits per heavy atom. The van der Waals surface area contributed by atoms with Crippen LogP contribution in [-0.2, 0) is 6.42 Å². The highest BCUT2D eigenvalue weighted by atomic mass is 16.1. The summed E-state index contributed by atoms with van der Waals surface area (Å²) in [5.41, 5.74) is 3.02. The lowest BCUT2D eigenvalue weighted by molar-refractivity contribution is 0.0963. The number of guanidine groups is 1. The Balaban J connectivity index is 1.87. The molecule has 0 aliphatic rings. The van der Waals surface area contributed by atoms with Gasteiger partial charge in [-0.2, -0.15) is 0 Å². The third kappa shape index (κ3) is 6.37. The summed E-state index contributed by atoms with van der Waals surface area (Å²) >= 11 is 0. The van der Waals surface area contributed by atoms with Gasteiger partial charge in [-0.25, -0.2) is 0 Å². The van der Waals surface area contributed by atoms with Gasteiger partial charge in [0.05, 0.1) is 0 Å². The third-order valence-electron chi connectivity index (χ3n) is 4.75. The molecule has 2 rings (SSSR count). The summed E-state index contributed by atoms with van der Waals surface area (Å²) in [7, 11) is 3.41.